The highest BCUT2D eigenvalue weighted by atomic mass is 16.5. The average molecular weight is 377 g/mol. The van der Waals surface area contributed by atoms with E-state index in [1.54, 1.807) is 44.6 Å². The van der Waals surface area contributed by atoms with Gasteiger partial charge in [0.2, 0.25) is 0 Å². The number of allylic oxidation sites excluding steroid dienone is 1. The molecule has 6 nitrogen and oxygen atoms in total. The van der Waals surface area contributed by atoms with E-state index in [1.165, 1.54) is 7.11 Å². The van der Waals surface area contributed by atoms with E-state index in [2.05, 4.69) is 4.98 Å². The maximum atomic E-state index is 12.8. The number of hydrogen-bond donors (Lipinski definition) is 1. The van der Waals surface area contributed by atoms with Crippen molar-refractivity contribution in [3.63, 3.8) is 0 Å². The summed E-state index contributed by atoms with van der Waals surface area (Å²) >= 11 is 0. The first kappa shape index (κ1) is 17.9. The number of hydrogen-bond acceptors (Lipinski definition) is 5. The van der Waals surface area contributed by atoms with Crippen LogP contribution in [0.2, 0.25) is 0 Å². The number of aromatic amines is 1. The Hall–Kier alpha value is -3.54. The van der Waals surface area contributed by atoms with Gasteiger partial charge >= 0.3 is 0 Å². The lowest BCUT2D eigenvalue weighted by atomic mass is 10.1. The van der Waals surface area contributed by atoms with Crippen molar-refractivity contribution in [2.75, 3.05) is 21.3 Å². The number of methoxy groups -OCH3 is 3. The fourth-order valence-electron chi connectivity index (χ4n) is 3.48. The van der Waals surface area contributed by atoms with Gasteiger partial charge in [0.25, 0.3) is 5.56 Å². The van der Waals surface area contributed by atoms with Crippen LogP contribution in [0, 0.1) is 0 Å². The zero-order chi connectivity index (χ0) is 19.8. The van der Waals surface area contributed by atoms with Crippen molar-refractivity contribution in [3.05, 3.63) is 69.0 Å². The third-order valence-electron chi connectivity index (χ3n) is 4.94. The second-order valence-electron chi connectivity index (χ2n) is 6.55. The van der Waals surface area contributed by atoms with Gasteiger partial charge in [0.15, 0.2) is 17.3 Å². The molecule has 142 valence electrons. The lowest BCUT2D eigenvalue weighted by molar-refractivity contribution is 0.104. The van der Waals surface area contributed by atoms with Crippen molar-refractivity contribution in [1.29, 1.82) is 0 Å². The third kappa shape index (κ3) is 2.93. The van der Waals surface area contributed by atoms with Crippen molar-refractivity contribution in [1.82, 2.24) is 4.98 Å². The van der Waals surface area contributed by atoms with Gasteiger partial charge in [0.05, 0.1) is 21.3 Å². The van der Waals surface area contributed by atoms with E-state index in [0.717, 1.165) is 10.9 Å². The van der Waals surface area contributed by atoms with Gasteiger partial charge in [0, 0.05) is 34.0 Å². The van der Waals surface area contributed by atoms with Crippen molar-refractivity contribution in [2.45, 2.75) is 6.42 Å². The predicted octanol–water partition coefficient (Wildman–Crippen LogP) is 3.38. The minimum Gasteiger partial charge on any atom is -0.497 e. The van der Waals surface area contributed by atoms with Crippen molar-refractivity contribution in [2.24, 2.45) is 0 Å². The summed E-state index contributed by atoms with van der Waals surface area (Å²) in [7, 11) is 4.68. The van der Waals surface area contributed by atoms with Crippen LogP contribution in [0.4, 0.5) is 0 Å². The van der Waals surface area contributed by atoms with E-state index in [1.807, 2.05) is 12.1 Å². The molecule has 3 aromatic rings. The number of pyridine rings is 1. The molecule has 0 unspecified atom stereocenters. The van der Waals surface area contributed by atoms with Crippen LogP contribution in [0.5, 0.6) is 17.2 Å². The molecule has 1 aliphatic rings. The smallest absolute Gasteiger partial charge is 0.255 e. The minimum atomic E-state index is -0.246. The van der Waals surface area contributed by atoms with E-state index in [9.17, 15) is 9.59 Å². The van der Waals surface area contributed by atoms with Gasteiger partial charge in [0.1, 0.15) is 5.75 Å². The molecule has 0 saturated heterocycles. The number of fused-ring (bicyclic) bond motifs is 2. The van der Waals surface area contributed by atoms with Crippen molar-refractivity contribution < 1.29 is 19.0 Å². The summed E-state index contributed by atoms with van der Waals surface area (Å²) in [4.78, 5) is 28.2. The first-order valence-electron chi connectivity index (χ1n) is 8.75. The van der Waals surface area contributed by atoms with E-state index >= 15 is 0 Å². The van der Waals surface area contributed by atoms with Crippen LogP contribution in [0.3, 0.4) is 0 Å². The highest BCUT2D eigenvalue weighted by Crippen LogP contribution is 2.37. The Morgan fingerprint density at radius 2 is 1.68 bits per heavy atom. The van der Waals surface area contributed by atoms with Gasteiger partial charge in [-0.1, -0.05) is 0 Å². The first-order valence-corrected chi connectivity index (χ1v) is 8.75. The Bertz CT molecular complexity index is 1190. The number of carbonyl (C=O) groups excluding carboxylic acids is 1. The van der Waals surface area contributed by atoms with Gasteiger partial charge in [-0.05, 0) is 48.0 Å². The van der Waals surface area contributed by atoms with Crippen LogP contribution in [0.15, 0.2) is 46.8 Å². The van der Waals surface area contributed by atoms with Gasteiger partial charge in [-0.15, -0.1) is 0 Å². The summed E-state index contributed by atoms with van der Waals surface area (Å²) in [5, 5.41) is 0.831. The molecule has 0 fully saturated rings. The lowest BCUT2D eigenvalue weighted by Gasteiger charge is -2.08. The topological polar surface area (TPSA) is 77.6 Å². The summed E-state index contributed by atoms with van der Waals surface area (Å²) < 4.78 is 15.8. The zero-order valence-electron chi connectivity index (χ0n) is 15.8. The monoisotopic (exact) mass is 377 g/mol. The van der Waals surface area contributed by atoms with Gasteiger partial charge in [-0.25, -0.2) is 0 Å². The molecule has 28 heavy (non-hydrogen) atoms. The molecule has 0 aliphatic heterocycles. The molecule has 6 heteroatoms. The Morgan fingerprint density at radius 1 is 0.929 bits per heavy atom. The summed E-state index contributed by atoms with van der Waals surface area (Å²) in [6.45, 7) is 0. The van der Waals surface area contributed by atoms with E-state index in [4.69, 9.17) is 14.2 Å². The number of carbonyl (C=O) groups is 1. The van der Waals surface area contributed by atoms with Crippen LogP contribution in [0.25, 0.3) is 17.0 Å². The third-order valence-corrected chi connectivity index (χ3v) is 4.94. The molecular formula is C22H19NO5. The molecular weight excluding hydrogens is 358 g/mol. The average Bonchev–Trinajstić information content (AvgIpc) is 3.01. The Labute approximate surface area is 161 Å². The molecule has 1 aromatic heterocycles. The van der Waals surface area contributed by atoms with Crippen LogP contribution < -0.4 is 19.8 Å². The number of benzene rings is 2. The molecule has 1 N–H and O–H groups in total. The second-order valence-corrected chi connectivity index (χ2v) is 6.55. The molecule has 1 heterocycles. The highest BCUT2D eigenvalue weighted by Gasteiger charge is 2.27. The minimum absolute atomic E-state index is 0.110. The fraction of sp³-hybridized carbons (Fsp3) is 0.182. The molecule has 0 radical (unpaired) electrons. The van der Waals surface area contributed by atoms with Crippen molar-refractivity contribution >= 4 is 22.8 Å². The number of ketones is 1. The normalized spacial score (nSPS) is 14.4. The molecule has 0 spiro atoms. The zero-order valence-corrected chi connectivity index (χ0v) is 15.8. The standard InChI is InChI=1S/C22H19NO5/c1-26-16-4-5-18-13(9-16)7-15(22(25)23-18)8-14-6-12-10-19(27-2)20(28-3)11-17(12)21(14)24/h4-5,7-11H,6H2,1-3H3,(H,23,25). The largest absolute Gasteiger partial charge is 0.497 e. The summed E-state index contributed by atoms with van der Waals surface area (Å²) in [5.41, 5.74) is 2.87. The number of Topliss-reactive ketones (excluding diaryl/α,β-unsaturated/α-hetero) is 1. The second kappa shape index (κ2) is 6.88. The van der Waals surface area contributed by atoms with E-state index in [0.29, 0.717) is 45.9 Å². The molecule has 0 bridgehead atoms. The molecule has 0 atom stereocenters. The van der Waals surface area contributed by atoms with Crippen LogP contribution in [-0.2, 0) is 6.42 Å². The number of H-pyrrole nitrogens is 1. The SMILES string of the molecule is COc1ccc2[nH]c(=O)c(C=C3Cc4cc(OC)c(OC)cc4C3=O)cc2c1. The molecule has 0 saturated carbocycles. The molecule has 1 aliphatic carbocycles. The van der Waals surface area contributed by atoms with Crippen LogP contribution in [-0.4, -0.2) is 32.1 Å². The highest BCUT2D eigenvalue weighted by molar-refractivity contribution is 6.16. The quantitative estimate of drug-likeness (QED) is 0.706. The lowest BCUT2D eigenvalue weighted by Crippen LogP contribution is -2.10. The first-order chi connectivity index (χ1) is 13.5. The Morgan fingerprint density at radius 3 is 2.39 bits per heavy atom. The summed E-state index contributed by atoms with van der Waals surface area (Å²) in [6, 6.07) is 10.7. The van der Waals surface area contributed by atoms with E-state index in [-0.39, 0.29) is 11.3 Å². The Balaban J connectivity index is 1.78. The number of ether oxygens (including phenoxy) is 3. The van der Waals surface area contributed by atoms with Gasteiger partial charge in [-0.3, -0.25) is 9.59 Å². The Kier molecular flexibility index (Phi) is 4.39. The maximum Gasteiger partial charge on any atom is 0.255 e. The molecule has 4 rings (SSSR count). The molecule has 0 amide bonds. The number of aromatic nitrogens is 1. The summed E-state index contributed by atoms with van der Waals surface area (Å²) in [6.07, 6.45) is 2.09. The van der Waals surface area contributed by atoms with E-state index < -0.39 is 0 Å². The van der Waals surface area contributed by atoms with Crippen LogP contribution in [0.1, 0.15) is 21.5 Å². The number of nitrogens with one attached hydrogen (secondary N) is 1. The summed E-state index contributed by atoms with van der Waals surface area (Å²) in [5.74, 6) is 1.67. The van der Waals surface area contributed by atoms with Gasteiger partial charge in [-0.2, -0.15) is 0 Å². The maximum absolute atomic E-state index is 12.8. The molecule has 2 aromatic carbocycles. The van der Waals surface area contributed by atoms with Crippen LogP contribution >= 0.6 is 0 Å². The predicted molar refractivity (Wildman–Crippen MR) is 107 cm³/mol. The van der Waals surface area contributed by atoms with Gasteiger partial charge < -0.3 is 19.2 Å². The number of rotatable bonds is 4. The fourth-order valence-corrected chi connectivity index (χ4v) is 3.48. The van der Waals surface area contributed by atoms with Crippen molar-refractivity contribution in [3.8, 4) is 17.2 Å².